The second-order valence-electron chi connectivity index (χ2n) is 5.26. The van der Waals surface area contributed by atoms with Gasteiger partial charge in [0.1, 0.15) is 0 Å². The van der Waals surface area contributed by atoms with Crippen molar-refractivity contribution >= 4 is 5.97 Å². The number of hydrogen-bond donors (Lipinski definition) is 1. The summed E-state index contributed by atoms with van der Waals surface area (Å²) < 4.78 is 0. The van der Waals surface area contributed by atoms with E-state index in [2.05, 4.69) is 18.7 Å². The van der Waals surface area contributed by atoms with Crippen LogP contribution in [0.2, 0.25) is 0 Å². The van der Waals surface area contributed by atoms with Gasteiger partial charge in [0.05, 0.1) is 0 Å². The predicted octanol–water partition coefficient (Wildman–Crippen LogP) is 2.61. The number of nitrogens with zero attached hydrogens (tertiary/aromatic N) is 1. The monoisotopic (exact) mass is 227 g/mol. The molecule has 0 saturated carbocycles. The largest absolute Gasteiger partial charge is 0.481 e. The summed E-state index contributed by atoms with van der Waals surface area (Å²) in [6.07, 6.45) is 5.12. The molecule has 1 heterocycles. The molecule has 1 aliphatic rings. The SMILES string of the molecule is CCCC(C)CN1CCCC(CC(=O)O)C1. The third-order valence-electron chi connectivity index (χ3n) is 3.42. The van der Waals surface area contributed by atoms with Gasteiger partial charge < -0.3 is 10.0 Å². The maximum Gasteiger partial charge on any atom is 0.303 e. The fraction of sp³-hybridized carbons (Fsp3) is 0.923. The number of carboxylic acid groups (broad SMARTS) is 1. The summed E-state index contributed by atoms with van der Waals surface area (Å²) in [4.78, 5) is 13.1. The Morgan fingerprint density at radius 1 is 1.56 bits per heavy atom. The van der Waals surface area contributed by atoms with Crippen molar-refractivity contribution in [3.05, 3.63) is 0 Å². The molecule has 1 N–H and O–H groups in total. The van der Waals surface area contributed by atoms with Crippen LogP contribution in [0.4, 0.5) is 0 Å². The third-order valence-corrected chi connectivity index (χ3v) is 3.42. The Bertz CT molecular complexity index is 218. The van der Waals surface area contributed by atoms with Crippen LogP contribution >= 0.6 is 0 Å². The lowest BCUT2D eigenvalue weighted by molar-refractivity contribution is -0.138. The third kappa shape index (κ3) is 4.97. The lowest BCUT2D eigenvalue weighted by Crippen LogP contribution is -2.38. The van der Waals surface area contributed by atoms with E-state index < -0.39 is 5.97 Å². The van der Waals surface area contributed by atoms with Crippen molar-refractivity contribution in [2.45, 2.75) is 46.0 Å². The highest BCUT2D eigenvalue weighted by Gasteiger charge is 2.22. The average Bonchev–Trinajstić information content (AvgIpc) is 2.17. The van der Waals surface area contributed by atoms with Gasteiger partial charge in [0.15, 0.2) is 0 Å². The summed E-state index contributed by atoms with van der Waals surface area (Å²) >= 11 is 0. The molecule has 0 amide bonds. The molecule has 1 rings (SSSR count). The van der Waals surface area contributed by atoms with Crippen LogP contribution < -0.4 is 0 Å². The first-order valence-electron chi connectivity index (χ1n) is 6.56. The number of hydrogen-bond acceptors (Lipinski definition) is 2. The highest BCUT2D eigenvalue weighted by atomic mass is 16.4. The number of aliphatic carboxylic acids is 1. The molecule has 0 aromatic heterocycles. The molecule has 2 atom stereocenters. The maximum absolute atomic E-state index is 10.7. The summed E-state index contributed by atoms with van der Waals surface area (Å²) in [5, 5.41) is 8.80. The van der Waals surface area contributed by atoms with Gasteiger partial charge in [-0.15, -0.1) is 0 Å². The standard InChI is InChI=1S/C13H25NO2/c1-3-5-11(2)9-14-7-4-6-12(10-14)8-13(15)16/h11-12H,3-10H2,1-2H3,(H,15,16). The summed E-state index contributed by atoms with van der Waals surface area (Å²) in [6, 6.07) is 0. The van der Waals surface area contributed by atoms with Crippen molar-refractivity contribution in [2.24, 2.45) is 11.8 Å². The van der Waals surface area contributed by atoms with Crippen molar-refractivity contribution in [3.8, 4) is 0 Å². The van der Waals surface area contributed by atoms with Crippen molar-refractivity contribution in [1.29, 1.82) is 0 Å². The van der Waals surface area contributed by atoms with Crippen molar-refractivity contribution in [1.82, 2.24) is 4.90 Å². The maximum atomic E-state index is 10.7. The molecule has 1 fully saturated rings. The number of rotatable bonds is 6. The lowest BCUT2D eigenvalue weighted by atomic mass is 9.94. The van der Waals surface area contributed by atoms with Crippen LogP contribution in [0.1, 0.15) is 46.0 Å². The van der Waals surface area contributed by atoms with E-state index in [-0.39, 0.29) is 0 Å². The highest BCUT2D eigenvalue weighted by Crippen LogP contribution is 2.21. The minimum atomic E-state index is -0.645. The van der Waals surface area contributed by atoms with E-state index in [0.29, 0.717) is 12.3 Å². The van der Waals surface area contributed by atoms with Gasteiger partial charge in [-0.3, -0.25) is 4.79 Å². The fourth-order valence-electron chi connectivity index (χ4n) is 2.76. The van der Waals surface area contributed by atoms with Gasteiger partial charge in [0, 0.05) is 19.5 Å². The molecule has 0 radical (unpaired) electrons. The second-order valence-corrected chi connectivity index (χ2v) is 5.26. The molecule has 16 heavy (non-hydrogen) atoms. The Kier molecular flexibility index (Phi) is 5.81. The van der Waals surface area contributed by atoms with Crippen LogP contribution in [0.15, 0.2) is 0 Å². The molecular formula is C13H25NO2. The molecule has 1 saturated heterocycles. The van der Waals surface area contributed by atoms with Crippen LogP contribution in [0, 0.1) is 11.8 Å². The Labute approximate surface area is 98.8 Å². The van der Waals surface area contributed by atoms with Crippen LogP contribution in [0.25, 0.3) is 0 Å². The van der Waals surface area contributed by atoms with E-state index in [4.69, 9.17) is 5.11 Å². The number of likely N-dealkylation sites (tertiary alicyclic amines) is 1. The minimum absolute atomic E-state index is 0.346. The molecule has 0 aliphatic carbocycles. The molecule has 1 aliphatic heterocycles. The van der Waals surface area contributed by atoms with Crippen LogP contribution in [-0.4, -0.2) is 35.6 Å². The molecule has 0 aromatic carbocycles. The van der Waals surface area contributed by atoms with E-state index in [0.717, 1.165) is 38.4 Å². The summed E-state index contributed by atoms with van der Waals surface area (Å²) in [7, 11) is 0. The van der Waals surface area contributed by atoms with Gasteiger partial charge >= 0.3 is 5.97 Å². The van der Waals surface area contributed by atoms with E-state index in [1.807, 2.05) is 0 Å². The van der Waals surface area contributed by atoms with E-state index in [1.165, 1.54) is 12.8 Å². The zero-order chi connectivity index (χ0) is 12.0. The highest BCUT2D eigenvalue weighted by molar-refractivity contribution is 5.67. The molecule has 0 aromatic rings. The first kappa shape index (κ1) is 13.5. The van der Waals surface area contributed by atoms with Crippen molar-refractivity contribution < 1.29 is 9.90 Å². The minimum Gasteiger partial charge on any atom is -0.481 e. The smallest absolute Gasteiger partial charge is 0.303 e. The predicted molar refractivity (Wildman–Crippen MR) is 65.5 cm³/mol. The fourth-order valence-corrected chi connectivity index (χ4v) is 2.76. The zero-order valence-corrected chi connectivity index (χ0v) is 10.6. The van der Waals surface area contributed by atoms with E-state index in [9.17, 15) is 4.79 Å². The zero-order valence-electron chi connectivity index (χ0n) is 10.6. The topological polar surface area (TPSA) is 40.5 Å². The van der Waals surface area contributed by atoms with Gasteiger partial charge in [0.2, 0.25) is 0 Å². The van der Waals surface area contributed by atoms with Crippen LogP contribution in [0.5, 0.6) is 0 Å². The first-order valence-corrected chi connectivity index (χ1v) is 6.56. The van der Waals surface area contributed by atoms with Gasteiger partial charge in [-0.25, -0.2) is 0 Å². The molecular weight excluding hydrogens is 202 g/mol. The lowest BCUT2D eigenvalue weighted by Gasteiger charge is -2.33. The average molecular weight is 227 g/mol. The Balaban J connectivity index is 2.29. The van der Waals surface area contributed by atoms with Gasteiger partial charge in [-0.2, -0.15) is 0 Å². The van der Waals surface area contributed by atoms with E-state index in [1.54, 1.807) is 0 Å². The number of carboxylic acids is 1. The molecule has 2 unspecified atom stereocenters. The second kappa shape index (κ2) is 6.89. The van der Waals surface area contributed by atoms with Crippen molar-refractivity contribution in [2.75, 3.05) is 19.6 Å². The summed E-state index contributed by atoms with van der Waals surface area (Å²) in [5.74, 6) is 0.474. The summed E-state index contributed by atoms with van der Waals surface area (Å²) in [6.45, 7) is 7.80. The molecule has 3 nitrogen and oxygen atoms in total. The number of piperidine rings is 1. The molecule has 0 bridgehead atoms. The Morgan fingerprint density at radius 2 is 2.31 bits per heavy atom. The Hall–Kier alpha value is -0.570. The van der Waals surface area contributed by atoms with Gasteiger partial charge in [-0.1, -0.05) is 20.3 Å². The quantitative estimate of drug-likeness (QED) is 0.758. The number of carbonyl (C=O) groups is 1. The van der Waals surface area contributed by atoms with Gasteiger partial charge in [-0.05, 0) is 37.6 Å². The van der Waals surface area contributed by atoms with Crippen LogP contribution in [0.3, 0.4) is 0 Å². The Morgan fingerprint density at radius 3 is 2.94 bits per heavy atom. The van der Waals surface area contributed by atoms with Crippen LogP contribution in [-0.2, 0) is 4.79 Å². The summed E-state index contributed by atoms with van der Waals surface area (Å²) in [5.41, 5.74) is 0. The van der Waals surface area contributed by atoms with E-state index >= 15 is 0 Å². The molecule has 94 valence electrons. The van der Waals surface area contributed by atoms with Crippen molar-refractivity contribution in [3.63, 3.8) is 0 Å². The molecule has 3 heteroatoms. The normalized spacial score (nSPS) is 24.2. The molecule has 0 spiro atoms. The first-order chi connectivity index (χ1) is 7.61. The van der Waals surface area contributed by atoms with Gasteiger partial charge in [0.25, 0.3) is 0 Å².